The van der Waals surface area contributed by atoms with E-state index < -0.39 is 0 Å². The maximum absolute atomic E-state index is 8.96. The maximum Gasteiger partial charge on any atom is 0.0528 e. The minimum atomic E-state index is 0.113. The van der Waals surface area contributed by atoms with E-state index in [1.165, 1.54) is 0 Å². The zero-order chi connectivity index (χ0) is 9.52. The molecule has 0 spiro atoms. The molecular weight excluding hydrogens is 164 g/mol. The quantitative estimate of drug-likeness (QED) is 0.628. The zero-order valence-electron chi connectivity index (χ0n) is 7.63. The van der Waals surface area contributed by atoms with Crippen LogP contribution in [0.5, 0.6) is 0 Å². The predicted octanol–water partition coefficient (Wildman–Crippen LogP) is 1.28. The normalized spacial score (nSPS) is 35.5. The summed E-state index contributed by atoms with van der Waals surface area (Å²) < 4.78 is 0. The molecule has 0 aromatic carbocycles. The maximum atomic E-state index is 8.96. The average molecular weight is 180 g/mol. The summed E-state index contributed by atoms with van der Waals surface area (Å²) in [5, 5.41) is 17.9. The molecular formula is C11H16O2. The monoisotopic (exact) mass is 180 g/mol. The topological polar surface area (TPSA) is 40.5 Å². The van der Waals surface area contributed by atoms with Crippen molar-refractivity contribution in [2.75, 3.05) is 13.2 Å². The van der Waals surface area contributed by atoms with E-state index in [0.29, 0.717) is 0 Å². The van der Waals surface area contributed by atoms with Crippen molar-refractivity contribution in [2.24, 2.45) is 11.8 Å². The number of allylic oxidation sites excluding steroid dienone is 3. The fourth-order valence-corrected chi connectivity index (χ4v) is 1.26. The average Bonchev–Trinajstić information content (AvgIpc) is 2.28. The molecule has 2 atom stereocenters. The fourth-order valence-electron chi connectivity index (χ4n) is 1.26. The molecule has 72 valence electrons. The summed E-state index contributed by atoms with van der Waals surface area (Å²) >= 11 is 0. The van der Waals surface area contributed by atoms with Gasteiger partial charge in [-0.2, -0.15) is 0 Å². The van der Waals surface area contributed by atoms with Crippen LogP contribution in [0.25, 0.3) is 0 Å². The van der Waals surface area contributed by atoms with Crippen LogP contribution in [0.4, 0.5) is 0 Å². The van der Waals surface area contributed by atoms with Crippen LogP contribution in [-0.4, -0.2) is 23.4 Å². The molecule has 1 aliphatic rings. The number of aliphatic hydroxyl groups excluding tert-OH is 2. The molecule has 0 aliphatic heterocycles. The number of hydrogen-bond acceptors (Lipinski definition) is 2. The standard InChI is InChI=1S/C11H16O2/c12-8-10-4-1-2-5-11(9-13)7-3-6-10/h1-6,10-13H,7-9H2/b4-1-,5-2-,6-3-/t10-,11+/m0/s1. The minimum Gasteiger partial charge on any atom is -0.396 e. The van der Waals surface area contributed by atoms with Crippen LogP contribution in [0.1, 0.15) is 6.42 Å². The van der Waals surface area contributed by atoms with Crippen molar-refractivity contribution >= 4 is 0 Å². The summed E-state index contributed by atoms with van der Waals surface area (Å²) in [6.07, 6.45) is 12.6. The Kier molecular flexibility index (Phi) is 4.50. The van der Waals surface area contributed by atoms with Crippen molar-refractivity contribution in [2.45, 2.75) is 6.42 Å². The molecule has 1 rings (SSSR count). The highest BCUT2D eigenvalue weighted by Crippen LogP contribution is 2.10. The van der Waals surface area contributed by atoms with E-state index in [1.807, 2.05) is 36.5 Å². The number of hydrogen-bond donors (Lipinski definition) is 2. The second-order valence-corrected chi connectivity index (χ2v) is 3.22. The van der Waals surface area contributed by atoms with Gasteiger partial charge in [0.25, 0.3) is 0 Å². The van der Waals surface area contributed by atoms with E-state index in [4.69, 9.17) is 10.2 Å². The molecule has 2 nitrogen and oxygen atoms in total. The first-order chi connectivity index (χ1) is 6.36. The first kappa shape index (κ1) is 10.2. The molecule has 2 N–H and O–H groups in total. The Morgan fingerprint density at radius 1 is 1.00 bits per heavy atom. The first-order valence-electron chi connectivity index (χ1n) is 4.60. The molecule has 0 radical (unpaired) electrons. The second-order valence-electron chi connectivity index (χ2n) is 3.22. The lowest BCUT2D eigenvalue weighted by Gasteiger charge is -2.04. The Balaban J connectivity index is 2.62. The van der Waals surface area contributed by atoms with Crippen molar-refractivity contribution in [1.29, 1.82) is 0 Å². The van der Waals surface area contributed by atoms with Crippen LogP contribution in [0, 0.1) is 11.8 Å². The molecule has 0 aromatic rings. The lowest BCUT2D eigenvalue weighted by Crippen LogP contribution is -2.01. The molecule has 0 bridgehead atoms. The van der Waals surface area contributed by atoms with Gasteiger partial charge in [0.1, 0.15) is 0 Å². The van der Waals surface area contributed by atoms with Crippen molar-refractivity contribution in [3.63, 3.8) is 0 Å². The molecule has 0 heterocycles. The molecule has 2 heteroatoms. The lowest BCUT2D eigenvalue weighted by molar-refractivity contribution is 0.253. The highest BCUT2D eigenvalue weighted by molar-refractivity contribution is 5.12. The largest absolute Gasteiger partial charge is 0.396 e. The van der Waals surface area contributed by atoms with Crippen molar-refractivity contribution in [3.05, 3.63) is 36.5 Å². The Morgan fingerprint density at radius 2 is 1.77 bits per heavy atom. The van der Waals surface area contributed by atoms with Crippen LogP contribution in [0.15, 0.2) is 36.5 Å². The highest BCUT2D eigenvalue weighted by Gasteiger charge is 2.02. The van der Waals surface area contributed by atoms with Gasteiger partial charge in [-0.05, 0) is 6.42 Å². The molecule has 0 unspecified atom stereocenters. The van der Waals surface area contributed by atoms with E-state index >= 15 is 0 Å². The summed E-state index contributed by atoms with van der Waals surface area (Å²) in [4.78, 5) is 0. The van der Waals surface area contributed by atoms with Gasteiger partial charge in [0.05, 0.1) is 6.61 Å². The fraction of sp³-hybridized carbons (Fsp3) is 0.455. The van der Waals surface area contributed by atoms with Crippen molar-refractivity contribution < 1.29 is 10.2 Å². The van der Waals surface area contributed by atoms with E-state index in [-0.39, 0.29) is 25.0 Å². The van der Waals surface area contributed by atoms with Gasteiger partial charge in [-0.15, -0.1) is 0 Å². The number of aliphatic hydroxyl groups is 2. The summed E-state index contributed by atoms with van der Waals surface area (Å²) in [6.45, 7) is 0.323. The predicted molar refractivity (Wildman–Crippen MR) is 53.2 cm³/mol. The molecule has 0 saturated carbocycles. The molecule has 0 fully saturated rings. The van der Waals surface area contributed by atoms with Gasteiger partial charge in [-0.3, -0.25) is 0 Å². The third-order valence-corrected chi connectivity index (χ3v) is 2.12. The zero-order valence-corrected chi connectivity index (χ0v) is 7.63. The van der Waals surface area contributed by atoms with Gasteiger partial charge in [0.2, 0.25) is 0 Å². The van der Waals surface area contributed by atoms with Crippen molar-refractivity contribution in [1.82, 2.24) is 0 Å². The molecule has 0 saturated heterocycles. The van der Waals surface area contributed by atoms with E-state index in [0.717, 1.165) is 6.42 Å². The Morgan fingerprint density at radius 3 is 2.46 bits per heavy atom. The Labute approximate surface area is 78.9 Å². The third kappa shape index (κ3) is 3.57. The highest BCUT2D eigenvalue weighted by atomic mass is 16.3. The minimum absolute atomic E-state index is 0.113. The van der Waals surface area contributed by atoms with Crippen LogP contribution >= 0.6 is 0 Å². The van der Waals surface area contributed by atoms with Crippen LogP contribution in [0.3, 0.4) is 0 Å². The first-order valence-corrected chi connectivity index (χ1v) is 4.60. The summed E-state index contributed by atoms with van der Waals surface area (Å²) in [7, 11) is 0. The smallest absolute Gasteiger partial charge is 0.0528 e. The van der Waals surface area contributed by atoms with Crippen LogP contribution < -0.4 is 0 Å². The lowest BCUT2D eigenvalue weighted by atomic mass is 10.1. The Bertz CT molecular complexity index is 216. The second kappa shape index (κ2) is 5.73. The summed E-state index contributed by atoms with van der Waals surface area (Å²) in [5.41, 5.74) is 0. The third-order valence-electron chi connectivity index (χ3n) is 2.12. The Hall–Kier alpha value is -0.860. The summed E-state index contributed by atoms with van der Waals surface area (Å²) in [6, 6.07) is 0. The SMILES string of the molecule is OC[C@H]1/C=C\C=C/[C@@H](CO)C/C=C\1. The van der Waals surface area contributed by atoms with Crippen molar-refractivity contribution in [3.8, 4) is 0 Å². The van der Waals surface area contributed by atoms with Gasteiger partial charge < -0.3 is 10.2 Å². The van der Waals surface area contributed by atoms with Crippen LogP contribution in [-0.2, 0) is 0 Å². The van der Waals surface area contributed by atoms with Gasteiger partial charge in [0, 0.05) is 18.4 Å². The van der Waals surface area contributed by atoms with Crippen LogP contribution in [0.2, 0.25) is 0 Å². The van der Waals surface area contributed by atoms with Gasteiger partial charge in [-0.25, -0.2) is 0 Å². The molecule has 1 aliphatic carbocycles. The number of rotatable bonds is 2. The van der Waals surface area contributed by atoms with E-state index in [2.05, 4.69) is 0 Å². The molecule has 0 amide bonds. The van der Waals surface area contributed by atoms with Gasteiger partial charge >= 0.3 is 0 Å². The van der Waals surface area contributed by atoms with Gasteiger partial charge in [-0.1, -0.05) is 36.5 Å². The van der Waals surface area contributed by atoms with Gasteiger partial charge in [0.15, 0.2) is 0 Å². The molecule has 0 aromatic heterocycles. The van der Waals surface area contributed by atoms with E-state index in [1.54, 1.807) is 0 Å². The molecule has 13 heavy (non-hydrogen) atoms. The van der Waals surface area contributed by atoms with E-state index in [9.17, 15) is 0 Å². The summed E-state index contributed by atoms with van der Waals surface area (Å²) in [5.74, 6) is 0.320.